The smallest absolute Gasteiger partial charge is 0.224 e. The zero-order valence-corrected chi connectivity index (χ0v) is 16.2. The van der Waals surface area contributed by atoms with E-state index in [2.05, 4.69) is 0 Å². The first-order chi connectivity index (χ1) is 14.0. The summed E-state index contributed by atoms with van der Waals surface area (Å²) in [5, 5.41) is 0. The van der Waals surface area contributed by atoms with Crippen molar-refractivity contribution in [2.24, 2.45) is 0 Å². The van der Waals surface area contributed by atoms with Crippen LogP contribution in [0.5, 0.6) is 5.75 Å². The fourth-order valence-corrected chi connectivity index (χ4v) is 3.71. The molecule has 29 heavy (non-hydrogen) atoms. The number of hydrogen-bond acceptors (Lipinski definition) is 4. The summed E-state index contributed by atoms with van der Waals surface area (Å²) in [6.45, 7) is 0.809. The first kappa shape index (κ1) is 19.4. The van der Waals surface area contributed by atoms with Crippen molar-refractivity contribution in [2.75, 3.05) is 25.1 Å². The van der Waals surface area contributed by atoms with E-state index in [1.165, 1.54) is 6.07 Å². The third kappa shape index (κ3) is 4.09. The molecule has 1 aliphatic heterocycles. The average molecular weight is 400 g/mol. The molecule has 0 aromatic heterocycles. The van der Waals surface area contributed by atoms with Crippen LogP contribution in [0.15, 0.2) is 36.4 Å². The van der Waals surface area contributed by atoms with E-state index in [1.807, 2.05) is 28.0 Å². The quantitative estimate of drug-likeness (QED) is 0.721. The maximum atomic E-state index is 13.5. The molecule has 2 aromatic carbocycles. The summed E-state index contributed by atoms with van der Waals surface area (Å²) < 4.78 is 32.1. The van der Waals surface area contributed by atoms with Crippen LogP contribution >= 0.6 is 0 Å². The van der Waals surface area contributed by atoms with Gasteiger partial charge in [-0.3, -0.25) is 9.59 Å². The van der Waals surface area contributed by atoms with Crippen molar-refractivity contribution < 1.29 is 23.1 Å². The van der Waals surface area contributed by atoms with Gasteiger partial charge < -0.3 is 14.5 Å². The monoisotopic (exact) mass is 400 g/mol. The van der Waals surface area contributed by atoms with Crippen LogP contribution in [0.4, 0.5) is 14.5 Å². The van der Waals surface area contributed by atoms with Crippen LogP contribution in [-0.4, -0.2) is 42.8 Å². The molecule has 1 amide bonds. The van der Waals surface area contributed by atoms with E-state index in [9.17, 15) is 18.4 Å². The van der Waals surface area contributed by atoms with E-state index in [4.69, 9.17) is 4.74 Å². The normalized spacial score (nSPS) is 16.9. The lowest BCUT2D eigenvalue weighted by Crippen LogP contribution is -2.40. The van der Waals surface area contributed by atoms with Gasteiger partial charge in [-0.05, 0) is 54.8 Å². The lowest BCUT2D eigenvalue weighted by atomic mass is 10.1. The summed E-state index contributed by atoms with van der Waals surface area (Å²) in [7, 11) is 1.58. The van der Waals surface area contributed by atoms with Crippen molar-refractivity contribution in [3.63, 3.8) is 0 Å². The van der Waals surface area contributed by atoms with E-state index in [0.29, 0.717) is 25.3 Å². The number of carbonyl (C=O) groups excluding carboxylic acids is 2. The van der Waals surface area contributed by atoms with Crippen molar-refractivity contribution in [3.05, 3.63) is 59.2 Å². The second kappa shape index (κ2) is 7.81. The second-order valence-electron chi connectivity index (χ2n) is 7.47. The highest BCUT2D eigenvalue weighted by molar-refractivity contribution is 5.99. The molecule has 2 aliphatic rings. The predicted molar refractivity (Wildman–Crippen MR) is 104 cm³/mol. The second-order valence-corrected chi connectivity index (χ2v) is 7.47. The summed E-state index contributed by atoms with van der Waals surface area (Å²) in [5.41, 5.74) is 1.86. The minimum absolute atomic E-state index is 0.0267. The van der Waals surface area contributed by atoms with Gasteiger partial charge in [0.1, 0.15) is 5.75 Å². The number of rotatable bonds is 5. The van der Waals surface area contributed by atoms with Gasteiger partial charge in [0.15, 0.2) is 17.4 Å². The minimum atomic E-state index is -1.05. The minimum Gasteiger partial charge on any atom is -0.497 e. The Morgan fingerprint density at radius 3 is 2.62 bits per heavy atom. The molecule has 1 saturated carbocycles. The number of nitrogens with zero attached hydrogens (tertiary/aromatic N) is 2. The molecule has 1 fully saturated rings. The number of ketones is 1. The Kier molecular flexibility index (Phi) is 5.22. The molecule has 0 N–H and O–H groups in total. The Bertz CT molecular complexity index is 959. The molecule has 1 heterocycles. The summed E-state index contributed by atoms with van der Waals surface area (Å²) in [4.78, 5) is 29.2. The van der Waals surface area contributed by atoms with Crippen LogP contribution in [0, 0.1) is 11.6 Å². The largest absolute Gasteiger partial charge is 0.497 e. The van der Waals surface area contributed by atoms with Crippen LogP contribution in [0.3, 0.4) is 0 Å². The molecule has 0 spiro atoms. The van der Waals surface area contributed by atoms with Gasteiger partial charge in [-0.2, -0.15) is 0 Å². The fourth-order valence-electron chi connectivity index (χ4n) is 3.71. The first-order valence-corrected chi connectivity index (χ1v) is 9.66. The standard InChI is InChI=1S/C22H22F2N2O3/c1-29-17-5-7-20-15(10-17)12-26(16-3-4-16)22(28)8-9-25(20)13-21(27)14-2-6-18(23)19(24)11-14/h2,5-7,10-11,16H,3-4,8-9,12-13H2,1H3. The van der Waals surface area contributed by atoms with Crippen LogP contribution in [0.25, 0.3) is 0 Å². The third-order valence-electron chi connectivity index (χ3n) is 5.45. The van der Waals surface area contributed by atoms with Gasteiger partial charge in [0.2, 0.25) is 5.91 Å². The van der Waals surface area contributed by atoms with Crippen LogP contribution in [-0.2, 0) is 11.3 Å². The lowest BCUT2D eigenvalue weighted by molar-refractivity contribution is -0.132. The number of halogens is 2. The molecule has 0 saturated heterocycles. The van der Waals surface area contributed by atoms with Crippen molar-refractivity contribution in [1.29, 1.82) is 0 Å². The van der Waals surface area contributed by atoms with Crippen molar-refractivity contribution in [3.8, 4) is 5.75 Å². The molecule has 0 unspecified atom stereocenters. The molecular formula is C22H22F2N2O3. The molecule has 5 nitrogen and oxygen atoms in total. The molecule has 0 atom stereocenters. The highest BCUT2D eigenvalue weighted by Gasteiger charge is 2.34. The van der Waals surface area contributed by atoms with Gasteiger partial charge in [0.05, 0.1) is 13.7 Å². The van der Waals surface area contributed by atoms with Crippen LogP contribution in [0.2, 0.25) is 0 Å². The number of Topliss-reactive ketones (excluding diaryl/α,β-unsaturated/α-hetero) is 1. The van der Waals surface area contributed by atoms with Gasteiger partial charge in [0, 0.05) is 36.8 Å². The Hall–Kier alpha value is -2.96. The molecule has 2 aromatic rings. The topological polar surface area (TPSA) is 49.9 Å². The number of ether oxygens (including phenoxy) is 1. The first-order valence-electron chi connectivity index (χ1n) is 9.66. The van der Waals surface area contributed by atoms with Crippen LogP contribution in [0.1, 0.15) is 35.2 Å². The molecule has 0 bridgehead atoms. The summed E-state index contributed by atoms with van der Waals surface area (Å²) >= 11 is 0. The van der Waals surface area contributed by atoms with Gasteiger partial charge in [0.25, 0.3) is 0 Å². The van der Waals surface area contributed by atoms with Gasteiger partial charge in [-0.1, -0.05) is 0 Å². The molecule has 0 radical (unpaired) electrons. The Morgan fingerprint density at radius 2 is 1.93 bits per heavy atom. The highest BCUT2D eigenvalue weighted by Crippen LogP contribution is 2.34. The van der Waals surface area contributed by atoms with Crippen molar-refractivity contribution in [2.45, 2.75) is 31.8 Å². The Morgan fingerprint density at radius 1 is 1.14 bits per heavy atom. The van der Waals surface area contributed by atoms with Gasteiger partial charge >= 0.3 is 0 Å². The molecule has 4 rings (SSSR count). The van der Waals surface area contributed by atoms with Gasteiger partial charge in [-0.25, -0.2) is 8.78 Å². The van der Waals surface area contributed by atoms with Crippen molar-refractivity contribution >= 4 is 17.4 Å². The molecule has 152 valence electrons. The van der Waals surface area contributed by atoms with E-state index >= 15 is 0 Å². The summed E-state index contributed by atoms with van der Waals surface area (Å²) in [5.74, 6) is -1.64. The van der Waals surface area contributed by atoms with E-state index < -0.39 is 11.6 Å². The van der Waals surface area contributed by atoms with Crippen molar-refractivity contribution in [1.82, 2.24) is 4.90 Å². The number of fused-ring (bicyclic) bond motifs is 1. The number of carbonyl (C=O) groups is 2. The number of methoxy groups -OCH3 is 1. The number of amides is 1. The Labute approximate surface area is 167 Å². The van der Waals surface area contributed by atoms with E-state index in [-0.39, 0.29) is 29.8 Å². The number of hydrogen-bond donors (Lipinski definition) is 0. The van der Waals surface area contributed by atoms with Gasteiger partial charge in [-0.15, -0.1) is 0 Å². The van der Waals surface area contributed by atoms with E-state index in [0.717, 1.165) is 36.2 Å². The third-order valence-corrected chi connectivity index (χ3v) is 5.45. The van der Waals surface area contributed by atoms with Crippen LogP contribution < -0.4 is 9.64 Å². The predicted octanol–water partition coefficient (Wildman–Crippen LogP) is 3.56. The average Bonchev–Trinajstić information content (AvgIpc) is 3.55. The van der Waals surface area contributed by atoms with E-state index in [1.54, 1.807) is 7.11 Å². The Balaban J connectivity index is 1.64. The molecule has 7 heteroatoms. The highest BCUT2D eigenvalue weighted by atomic mass is 19.2. The summed E-state index contributed by atoms with van der Waals surface area (Å²) in [6.07, 6.45) is 2.33. The summed E-state index contributed by atoms with van der Waals surface area (Å²) in [6, 6.07) is 9.02. The fraction of sp³-hybridized carbons (Fsp3) is 0.364. The zero-order chi connectivity index (χ0) is 20.5. The maximum absolute atomic E-state index is 13.5. The lowest BCUT2D eigenvalue weighted by Gasteiger charge is -2.33. The molecular weight excluding hydrogens is 378 g/mol. The number of benzene rings is 2. The molecule has 1 aliphatic carbocycles. The zero-order valence-electron chi connectivity index (χ0n) is 16.2. The maximum Gasteiger partial charge on any atom is 0.224 e. The SMILES string of the molecule is COc1ccc2c(c1)CN(C1CC1)C(=O)CCN2CC(=O)c1ccc(F)c(F)c1. The number of anilines is 1.